The quantitative estimate of drug-likeness (QED) is 0.568. The topological polar surface area (TPSA) is 130 Å². The fourth-order valence-electron chi connectivity index (χ4n) is 3.31. The number of hydrogen-bond acceptors (Lipinski definition) is 6. The normalized spacial score (nSPS) is 16.6. The van der Waals surface area contributed by atoms with Gasteiger partial charge in [0.1, 0.15) is 0 Å². The SMILES string of the molecule is C[C@H]1CC(=O)Nc2ccccc2N1C(=O)CN(C)S(=O)(=O)c1ccccc1[N+](=O)[O-]. The van der Waals surface area contributed by atoms with E-state index in [9.17, 15) is 28.1 Å². The fraction of sp³-hybridized carbons (Fsp3) is 0.263. The monoisotopic (exact) mass is 432 g/mol. The number of benzene rings is 2. The van der Waals surface area contributed by atoms with Gasteiger partial charge in [-0.15, -0.1) is 0 Å². The molecular formula is C19H20N4O6S. The van der Waals surface area contributed by atoms with Crippen LogP contribution >= 0.6 is 0 Å². The molecule has 1 aliphatic heterocycles. The van der Waals surface area contributed by atoms with Crippen LogP contribution in [0, 0.1) is 10.1 Å². The standard InChI is InChI=1S/C19H20N4O6S/c1-13-11-18(24)20-14-7-3-4-8-15(14)22(13)19(25)12-21(2)30(28,29)17-10-6-5-9-16(17)23(26)27/h3-10,13H,11-12H2,1-2H3,(H,20,24)/t13-/m0/s1. The van der Waals surface area contributed by atoms with Crippen molar-refractivity contribution in [3.05, 3.63) is 58.6 Å². The lowest BCUT2D eigenvalue weighted by Crippen LogP contribution is -2.45. The number of fused-ring (bicyclic) bond motifs is 1. The molecule has 1 atom stereocenters. The number of nitro benzene ring substituents is 1. The van der Waals surface area contributed by atoms with E-state index in [1.165, 1.54) is 24.1 Å². The van der Waals surface area contributed by atoms with Crippen LogP contribution in [-0.2, 0) is 19.6 Å². The van der Waals surface area contributed by atoms with Gasteiger partial charge < -0.3 is 10.2 Å². The first kappa shape index (κ1) is 21.4. The number of amides is 2. The highest BCUT2D eigenvalue weighted by Crippen LogP contribution is 2.32. The second kappa shape index (κ2) is 8.20. The lowest BCUT2D eigenvalue weighted by atomic mass is 10.1. The Kier molecular flexibility index (Phi) is 5.85. The minimum Gasteiger partial charge on any atom is -0.324 e. The second-order valence-corrected chi connectivity index (χ2v) is 8.88. The molecule has 0 aromatic heterocycles. The highest BCUT2D eigenvalue weighted by molar-refractivity contribution is 7.89. The van der Waals surface area contributed by atoms with Crippen molar-refractivity contribution in [2.75, 3.05) is 23.8 Å². The molecule has 2 amide bonds. The summed E-state index contributed by atoms with van der Waals surface area (Å²) in [6.07, 6.45) is 0.0427. The minimum absolute atomic E-state index is 0.0427. The maximum absolute atomic E-state index is 13.1. The summed E-state index contributed by atoms with van der Waals surface area (Å²) < 4.78 is 26.6. The molecule has 0 fully saturated rings. The number of nitro groups is 1. The summed E-state index contributed by atoms with van der Waals surface area (Å²) in [5.74, 6) is -0.817. The average Bonchev–Trinajstić information content (AvgIpc) is 2.81. The van der Waals surface area contributed by atoms with E-state index in [2.05, 4.69) is 5.32 Å². The first-order chi connectivity index (χ1) is 14.1. The van der Waals surface area contributed by atoms with E-state index in [1.807, 2.05) is 0 Å². The molecule has 10 nitrogen and oxygen atoms in total. The maximum atomic E-state index is 13.1. The molecule has 158 valence electrons. The van der Waals surface area contributed by atoms with Crippen LogP contribution in [0.4, 0.5) is 17.1 Å². The number of rotatable bonds is 5. The maximum Gasteiger partial charge on any atom is 0.289 e. The highest BCUT2D eigenvalue weighted by Gasteiger charge is 2.34. The molecule has 1 aliphatic rings. The molecule has 0 saturated carbocycles. The zero-order valence-electron chi connectivity index (χ0n) is 16.3. The van der Waals surface area contributed by atoms with Crippen LogP contribution in [0.5, 0.6) is 0 Å². The number of likely N-dealkylation sites (N-methyl/N-ethyl adjacent to an activating group) is 1. The van der Waals surface area contributed by atoms with E-state index in [1.54, 1.807) is 31.2 Å². The van der Waals surface area contributed by atoms with Crippen molar-refractivity contribution in [2.45, 2.75) is 24.3 Å². The highest BCUT2D eigenvalue weighted by atomic mass is 32.2. The van der Waals surface area contributed by atoms with Gasteiger partial charge in [0, 0.05) is 25.6 Å². The number of nitrogens with one attached hydrogen (secondary N) is 1. The van der Waals surface area contributed by atoms with E-state index in [-0.39, 0.29) is 12.3 Å². The van der Waals surface area contributed by atoms with Crippen LogP contribution in [0.2, 0.25) is 0 Å². The number of nitrogens with zero attached hydrogens (tertiary/aromatic N) is 3. The molecule has 2 aromatic carbocycles. The summed E-state index contributed by atoms with van der Waals surface area (Å²) in [5, 5.41) is 13.9. The Hall–Kier alpha value is -3.31. The second-order valence-electron chi connectivity index (χ2n) is 6.87. The van der Waals surface area contributed by atoms with Gasteiger partial charge >= 0.3 is 0 Å². The molecular weight excluding hydrogens is 412 g/mol. The lowest BCUT2D eigenvalue weighted by Gasteiger charge is -2.29. The Bertz CT molecular complexity index is 1120. The van der Waals surface area contributed by atoms with Crippen LogP contribution < -0.4 is 10.2 Å². The Morgan fingerprint density at radius 3 is 2.57 bits per heavy atom. The van der Waals surface area contributed by atoms with Crippen molar-refractivity contribution in [1.29, 1.82) is 0 Å². The van der Waals surface area contributed by atoms with E-state index in [4.69, 9.17) is 0 Å². The van der Waals surface area contributed by atoms with Gasteiger partial charge in [-0.2, -0.15) is 4.31 Å². The average molecular weight is 432 g/mol. The number of hydrogen-bond donors (Lipinski definition) is 1. The van der Waals surface area contributed by atoms with Crippen LogP contribution in [0.1, 0.15) is 13.3 Å². The van der Waals surface area contributed by atoms with Crippen LogP contribution in [0.15, 0.2) is 53.4 Å². The number of sulfonamides is 1. The third-order valence-electron chi connectivity index (χ3n) is 4.74. The third-order valence-corrected chi connectivity index (χ3v) is 6.59. The van der Waals surface area contributed by atoms with Crippen molar-refractivity contribution in [3.8, 4) is 0 Å². The molecule has 2 aromatic rings. The summed E-state index contributed by atoms with van der Waals surface area (Å²) in [5.41, 5.74) is 0.335. The summed E-state index contributed by atoms with van der Waals surface area (Å²) in [7, 11) is -3.12. The first-order valence-corrected chi connectivity index (χ1v) is 10.5. The predicted molar refractivity (Wildman–Crippen MR) is 110 cm³/mol. The molecule has 0 aliphatic carbocycles. The molecule has 0 unspecified atom stereocenters. The van der Waals surface area contributed by atoms with Gasteiger partial charge in [0.2, 0.25) is 21.8 Å². The molecule has 1 heterocycles. The van der Waals surface area contributed by atoms with E-state index in [0.717, 1.165) is 16.4 Å². The van der Waals surface area contributed by atoms with Gasteiger partial charge in [-0.05, 0) is 25.1 Å². The van der Waals surface area contributed by atoms with Gasteiger partial charge in [0.05, 0.1) is 22.8 Å². The number of carbonyl (C=O) groups excluding carboxylic acids is 2. The Balaban J connectivity index is 1.92. The minimum atomic E-state index is -4.30. The predicted octanol–water partition coefficient (Wildman–Crippen LogP) is 1.98. The Morgan fingerprint density at radius 2 is 1.87 bits per heavy atom. The van der Waals surface area contributed by atoms with Crippen molar-refractivity contribution >= 4 is 38.9 Å². The molecule has 0 spiro atoms. The van der Waals surface area contributed by atoms with E-state index >= 15 is 0 Å². The zero-order valence-corrected chi connectivity index (χ0v) is 17.1. The molecule has 3 rings (SSSR count). The van der Waals surface area contributed by atoms with Gasteiger partial charge in [-0.25, -0.2) is 8.42 Å². The number of para-hydroxylation sites is 3. The van der Waals surface area contributed by atoms with Crippen molar-refractivity contribution in [3.63, 3.8) is 0 Å². The molecule has 1 N–H and O–H groups in total. The fourth-order valence-corrected chi connectivity index (χ4v) is 4.59. The van der Waals surface area contributed by atoms with Gasteiger partial charge in [0.15, 0.2) is 4.90 Å². The largest absolute Gasteiger partial charge is 0.324 e. The Labute approximate surface area is 173 Å². The van der Waals surface area contributed by atoms with E-state index in [0.29, 0.717) is 11.4 Å². The van der Waals surface area contributed by atoms with Crippen LogP contribution in [0.25, 0.3) is 0 Å². The number of anilines is 2. The molecule has 30 heavy (non-hydrogen) atoms. The zero-order chi connectivity index (χ0) is 22.1. The first-order valence-electron chi connectivity index (χ1n) is 9.03. The molecule has 11 heteroatoms. The van der Waals surface area contributed by atoms with E-state index < -0.39 is 44.0 Å². The molecule has 0 radical (unpaired) electrons. The molecule has 0 bridgehead atoms. The summed E-state index contributed by atoms with van der Waals surface area (Å²) >= 11 is 0. The third kappa shape index (κ3) is 4.02. The smallest absolute Gasteiger partial charge is 0.289 e. The summed E-state index contributed by atoms with van der Waals surface area (Å²) in [6, 6.07) is 11.2. The molecule has 0 saturated heterocycles. The van der Waals surface area contributed by atoms with Gasteiger partial charge in [-0.3, -0.25) is 19.7 Å². The summed E-state index contributed by atoms with van der Waals surface area (Å²) in [6.45, 7) is 1.14. The Morgan fingerprint density at radius 1 is 1.23 bits per heavy atom. The van der Waals surface area contributed by atoms with Gasteiger partial charge in [-0.1, -0.05) is 24.3 Å². The van der Waals surface area contributed by atoms with Gasteiger partial charge in [0.25, 0.3) is 5.69 Å². The van der Waals surface area contributed by atoms with Crippen molar-refractivity contribution in [2.24, 2.45) is 0 Å². The number of carbonyl (C=O) groups is 2. The van der Waals surface area contributed by atoms with Crippen LogP contribution in [0.3, 0.4) is 0 Å². The van der Waals surface area contributed by atoms with Crippen molar-refractivity contribution in [1.82, 2.24) is 4.31 Å². The van der Waals surface area contributed by atoms with Crippen LogP contribution in [-0.4, -0.2) is 49.1 Å². The summed E-state index contributed by atoms with van der Waals surface area (Å²) in [4.78, 5) is 36.5. The van der Waals surface area contributed by atoms with Crippen molar-refractivity contribution < 1.29 is 22.9 Å². The lowest BCUT2D eigenvalue weighted by molar-refractivity contribution is -0.387.